The van der Waals surface area contributed by atoms with Crippen LogP contribution in [0.25, 0.3) is 10.9 Å². The number of nitrogens with zero attached hydrogens (tertiary/aromatic N) is 3. The zero-order valence-corrected chi connectivity index (χ0v) is 16.7. The van der Waals surface area contributed by atoms with Crippen molar-refractivity contribution < 1.29 is 0 Å². The van der Waals surface area contributed by atoms with Crippen LogP contribution < -0.4 is 5.56 Å². The lowest BCUT2D eigenvalue weighted by atomic mass is 10.1. The van der Waals surface area contributed by atoms with Crippen molar-refractivity contribution in [1.29, 1.82) is 5.26 Å². The van der Waals surface area contributed by atoms with E-state index in [9.17, 15) is 10.1 Å². The van der Waals surface area contributed by atoms with Crippen LogP contribution >= 0.6 is 11.8 Å². The van der Waals surface area contributed by atoms with Crippen LogP contribution in [0.5, 0.6) is 0 Å². The number of hydrogen-bond donors (Lipinski definition) is 0. The van der Waals surface area contributed by atoms with Crippen molar-refractivity contribution in [3.05, 3.63) is 70.0 Å². The van der Waals surface area contributed by atoms with E-state index in [0.717, 1.165) is 12.0 Å². The van der Waals surface area contributed by atoms with Gasteiger partial charge in [-0.25, -0.2) is 4.98 Å². The van der Waals surface area contributed by atoms with E-state index in [0.29, 0.717) is 22.5 Å². The number of para-hydroxylation sites is 1. The summed E-state index contributed by atoms with van der Waals surface area (Å²) in [7, 11) is 0. The molecule has 0 aliphatic carbocycles. The zero-order chi connectivity index (χ0) is 19.4. The molecule has 0 spiro atoms. The van der Waals surface area contributed by atoms with Gasteiger partial charge in [0.05, 0.1) is 17.0 Å². The van der Waals surface area contributed by atoms with Gasteiger partial charge in [-0.05, 0) is 44.4 Å². The van der Waals surface area contributed by atoms with Gasteiger partial charge in [-0.2, -0.15) is 5.26 Å². The first-order chi connectivity index (χ1) is 13.0. The van der Waals surface area contributed by atoms with Crippen molar-refractivity contribution >= 4 is 22.7 Å². The molecule has 0 fully saturated rings. The monoisotopic (exact) mass is 377 g/mol. The molecule has 5 heteroatoms. The van der Waals surface area contributed by atoms with Crippen molar-refractivity contribution in [2.45, 2.75) is 50.1 Å². The largest absolute Gasteiger partial charge is 0.284 e. The summed E-state index contributed by atoms with van der Waals surface area (Å²) in [4.78, 5) is 17.8. The molecule has 3 aromatic rings. The number of aryl methyl sites for hydroxylation is 1. The van der Waals surface area contributed by atoms with E-state index in [1.807, 2.05) is 38.1 Å². The van der Waals surface area contributed by atoms with Gasteiger partial charge in [0.1, 0.15) is 5.25 Å². The highest BCUT2D eigenvalue weighted by atomic mass is 32.2. The molecule has 2 aromatic carbocycles. The minimum atomic E-state index is -0.309. The molecule has 0 bridgehead atoms. The van der Waals surface area contributed by atoms with Gasteiger partial charge in [0.25, 0.3) is 5.56 Å². The number of rotatable bonds is 6. The van der Waals surface area contributed by atoms with Gasteiger partial charge in [0.2, 0.25) is 0 Å². The molecule has 0 N–H and O–H groups in total. The molecule has 0 saturated carbocycles. The Morgan fingerprint density at radius 2 is 1.89 bits per heavy atom. The summed E-state index contributed by atoms with van der Waals surface area (Å²) in [5.74, 6) is 0. The van der Waals surface area contributed by atoms with Gasteiger partial charge in [0, 0.05) is 6.04 Å². The Morgan fingerprint density at radius 3 is 2.56 bits per heavy atom. The van der Waals surface area contributed by atoms with Crippen molar-refractivity contribution in [3.8, 4) is 6.07 Å². The highest BCUT2D eigenvalue weighted by molar-refractivity contribution is 8.00. The van der Waals surface area contributed by atoms with Gasteiger partial charge in [-0.1, -0.05) is 60.6 Å². The Morgan fingerprint density at radius 1 is 1.19 bits per heavy atom. The third-order valence-electron chi connectivity index (χ3n) is 4.74. The normalized spacial score (nSPS) is 13.3. The molecule has 2 atom stereocenters. The smallest absolute Gasteiger partial charge is 0.262 e. The Hall–Kier alpha value is -2.58. The number of fused-ring (bicyclic) bond motifs is 1. The van der Waals surface area contributed by atoms with Crippen LogP contribution in [0.1, 0.15) is 37.4 Å². The number of aromatic nitrogens is 2. The first kappa shape index (κ1) is 19.2. The lowest BCUT2D eigenvalue weighted by Crippen LogP contribution is -2.26. The van der Waals surface area contributed by atoms with Gasteiger partial charge in [-0.3, -0.25) is 9.36 Å². The average molecular weight is 378 g/mol. The van der Waals surface area contributed by atoms with Crippen molar-refractivity contribution in [1.82, 2.24) is 9.55 Å². The highest BCUT2D eigenvalue weighted by Crippen LogP contribution is 2.27. The third kappa shape index (κ3) is 4.23. The van der Waals surface area contributed by atoms with Crippen LogP contribution in [-0.2, 0) is 6.42 Å². The molecule has 1 heterocycles. The lowest BCUT2D eigenvalue weighted by Gasteiger charge is -2.19. The van der Waals surface area contributed by atoms with Crippen molar-refractivity contribution in [2.75, 3.05) is 0 Å². The van der Waals surface area contributed by atoms with Gasteiger partial charge >= 0.3 is 0 Å². The maximum Gasteiger partial charge on any atom is 0.262 e. The maximum absolute atomic E-state index is 13.0. The molecule has 0 aliphatic heterocycles. The second-order valence-corrected chi connectivity index (χ2v) is 7.94. The summed E-state index contributed by atoms with van der Waals surface area (Å²) in [6.45, 7) is 6.11. The van der Waals surface area contributed by atoms with Crippen LogP contribution in [0.3, 0.4) is 0 Å². The molecule has 3 rings (SSSR count). The summed E-state index contributed by atoms with van der Waals surface area (Å²) < 4.78 is 1.74. The summed E-state index contributed by atoms with van der Waals surface area (Å²) >= 11 is 1.38. The average Bonchev–Trinajstić information content (AvgIpc) is 2.69. The van der Waals surface area contributed by atoms with E-state index in [2.05, 4.69) is 37.3 Å². The SMILES string of the molecule is CC[C@@H](C)n1c(S[C@H](C#N)Cc2ccc(C)cc2)nc2ccccc2c1=O. The Kier molecular flexibility index (Phi) is 5.98. The topological polar surface area (TPSA) is 58.7 Å². The summed E-state index contributed by atoms with van der Waals surface area (Å²) in [6, 6.07) is 18.0. The number of benzene rings is 2. The third-order valence-corrected chi connectivity index (χ3v) is 5.80. The molecule has 0 saturated heterocycles. The molecule has 1 aromatic heterocycles. The Labute approximate surface area is 163 Å². The first-order valence-electron chi connectivity index (χ1n) is 9.16. The van der Waals surface area contributed by atoms with E-state index in [-0.39, 0.29) is 16.9 Å². The fraction of sp³-hybridized carbons (Fsp3) is 0.318. The van der Waals surface area contributed by atoms with E-state index in [1.54, 1.807) is 4.57 Å². The predicted octanol–water partition coefficient (Wildman–Crippen LogP) is 4.90. The molecule has 138 valence electrons. The second-order valence-electron chi connectivity index (χ2n) is 6.77. The van der Waals surface area contributed by atoms with E-state index in [1.165, 1.54) is 17.3 Å². The standard InChI is InChI=1S/C22H23N3OS/c1-4-16(3)25-21(26)19-7-5-6-8-20(19)24-22(25)27-18(14-23)13-17-11-9-15(2)10-12-17/h5-12,16,18H,4,13H2,1-3H3/t16-,18+/m1/s1. The van der Waals surface area contributed by atoms with E-state index in [4.69, 9.17) is 4.98 Å². The molecule has 0 aliphatic rings. The van der Waals surface area contributed by atoms with Crippen LogP contribution in [0, 0.1) is 18.3 Å². The summed E-state index contributed by atoms with van der Waals surface area (Å²) in [5, 5.41) is 10.6. The van der Waals surface area contributed by atoms with Crippen LogP contribution in [0.2, 0.25) is 0 Å². The molecular formula is C22H23N3OS. The van der Waals surface area contributed by atoms with Crippen molar-refractivity contribution in [3.63, 3.8) is 0 Å². The Bertz CT molecular complexity index is 1030. The van der Waals surface area contributed by atoms with Crippen LogP contribution in [0.15, 0.2) is 58.5 Å². The molecule has 0 radical (unpaired) electrons. The number of hydrogen-bond acceptors (Lipinski definition) is 4. The Balaban J connectivity index is 2.00. The predicted molar refractivity (Wildman–Crippen MR) is 111 cm³/mol. The highest BCUT2D eigenvalue weighted by Gasteiger charge is 2.19. The second kappa shape index (κ2) is 8.41. The minimum absolute atomic E-state index is 0.0239. The number of nitriles is 1. The molecule has 0 amide bonds. The van der Waals surface area contributed by atoms with Gasteiger partial charge in [-0.15, -0.1) is 0 Å². The molecular weight excluding hydrogens is 354 g/mol. The van der Waals surface area contributed by atoms with Gasteiger partial charge < -0.3 is 0 Å². The zero-order valence-electron chi connectivity index (χ0n) is 15.8. The summed E-state index contributed by atoms with van der Waals surface area (Å²) in [5.41, 5.74) is 2.95. The quantitative estimate of drug-likeness (QED) is 0.453. The van der Waals surface area contributed by atoms with E-state index >= 15 is 0 Å². The fourth-order valence-electron chi connectivity index (χ4n) is 2.96. The fourth-order valence-corrected chi connectivity index (χ4v) is 4.07. The van der Waals surface area contributed by atoms with E-state index < -0.39 is 0 Å². The first-order valence-corrected chi connectivity index (χ1v) is 10.0. The maximum atomic E-state index is 13.0. The number of thioether (sulfide) groups is 1. The summed E-state index contributed by atoms with van der Waals surface area (Å²) in [6.07, 6.45) is 1.44. The van der Waals surface area contributed by atoms with Crippen molar-refractivity contribution in [2.24, 2.45) is 0 Å². The molecule has 0 unspecified atom stereocenters. The van der Waals surface area contributed by atoms with Crippen LogP contribution in [0.4, 0.5) is 0 Å². The van der Waals surface area contributed by atoms with Crippen LogP contribution in [-0.4, -0.2) is 14.8 Å². The molecule has 27 heavy (non-hydrogen) atoms. The van der Waals surface area contributed by atoms with Gasteiger partial charge in [0.15, 0.2) is 5.16 Å². The molecule has 4 nitrogen and oxygen atoms in total. The lowest BCUT2D eigenvalue weighted by molar-refractivity contribution is 0.468. The minimum Gasteiger partial charge on any atom is -0.284 e.